The monoisotopic (exact) mass is 288 g/mol. The molecule has 0 aliphatic rings. The number of rotatable bonds is 2. The van der Waals surface area contributed by atoms with Crippen LogP contribution in [0.25, 0.3) is 32.8 Å². The van der Waals surface area contributed by atoms with Crippen LogP contribution in [0.2, 0.25) is 0 Å². The Morgan fingerprint density at radius 3 is 2.59 bits per heavy atom. The average molecular weight is 288 g/mol. The van der Waals surface area contributed by atoms with Crippen LogP contribution in [0, 0.1) is 10.1 Å². The van der Waals surface area contributed by atoms with Crippen molar-refractivity contribution in [3.63, 3.8) is 0 Å². The summed E-state index contributed by atoms with van der Waals surface area (Å²) in [5, 5.41) is 14.5. The van der Waals surface area contributed by atoms with Crippen molar-refractivity contribution in [2.75, 3.05) is 0 Å². The van der Waals surface area contributed by atoms with Crippen molar-refractivity contribution in [2.24, 2.45) is 0 Å². The molecule has 106 valence electrons. The topological polar surface area (TPSA) is 58.9 Å². The molecule has 4 aromatic rings. The van der Waals surface area contributed by atoms with Crippen LogP contribution in [0.3, 0.4) is 0 Å². The van der Waals surface area contributed by atoms with Crippen molar-refractivity contribution in [1.29, 1.82) is 0 Å². The van der Waals surface area contributed by atoms with E-state index in [0.29, 0.717) is 5.56 Å². The normalized spacial score (nSPS) is 11.1. The summed E-state index contributed by atoms with van der Waals surface area (Å²) in [5.41, 5.74) is 2.71. The van der Waals surface area contributed by atoms with Gasteiger partial charge >= 0.3 is 0 Å². The van der Waals surface area contributed by atoms with Crippen LogP contribution < -0.4 is 0 Å². The van der Waals surface area contributed by atoms with Crippen LogP contribution in [0.5, 0.6) is 0 Å². The lowest BCUT2D eigenvalue weighted by Crippen LogP contribution is -1.91. The molecule has 0 fully saturated rings. The largest absolute Gasteiger partial charge is 0.361 e. The highest BCUT2D eigenvalue weighted by Crippen LogP contribution is 2.33. The predicted molar refractivity (Wildman–Crippen MR) is 87.9 cm³/mol. The Labute approximate surface area is 126 Å². The lowest BCUT2D eigenvalue weighted by Gasteiger charge is -2.06. The second-order valence-electron chi connectivity index (χ2n) is 5.22. The van der Waals surface area contributed by atoms with Crippen LogP contribution in [-0.4, -0.2) is 9.91 Å². The van der Waals surface area contributed by atoms with Crippen molar-refractivity contribution in [1.82, 2.24) is 4.98 Å². The summed E-state index contributed by atoms with van der Waals surface area (Å²) in [5.74, 6) is 0. The third-order valence-electron chi connectivity index (χ3n) is 3.95. The molecule has 0 saturated carbocycles. The first-order valence-corrected chi connectivity index (χ1v) is 6.98. The molecule has 4 rings (SSSR count). The van der Waals surface area contributed by atoms with Gasteiger partial charge in [-0.3, -0.25) is 10.1 Å². The van der Waals surface area contributed by atoms with Gasteiger partial charge in [-0.05, 0) is 29.1 Å². The Balaban J connectivity index is 1.97. The van der Waals surface area contributed by atoms with Gasteiger partial charge in [0.25, 0.3) is 5.69 Å². The van der Waals surface area contributed by atoms with Gasteiger partial charge in [-0.2, -0.15) is 0 Å². The molecule has 0 bridgehead atoms. The Bertz CT molecular complexity index is 1020. The summed E-state index contributed by atoms with van der Waals surface area (Å²) in [6.07, 6.45) is 1.92. The SMILES string of the molecule is O=[N+]([O-])c1ccccc1-c1ccc2c(ccc3cc[nH]c32)c1. The molecule has 0 aliphatic carbocycles. The summed E-state index contributed by atoms with van der Waals surface area (Å²) >= 11 is 0. The van der Waals surface area contributed by atoms with Crippen LogP contribution in [0.4, 0.5) is 5.69 Å². The predicted octanol–water partition coefficient (Wildman–Crippen LogP) is 4.90. The first-order chi connectivity index (χ1) is 10.7. The molecule has 1 N–H and O–H groups in total. The smallest absolute Gasteiger partial charge is 0.277 e. The number of H-pyrrole nitrogens is 1. The van der Waals surface area contributed by atoms with Crippen LogP contribution >= 0.6 is 0 Å². The van der Waals surface area contributed by atoms with E-state index in [-0.39, 0.29) is 10.6 Å². The standard InChI is InChI=1S/C18H12N2O2/c21-20(22)17-4-2-1-3-15(17)13-7-8-16-14(11-13)6-5-12-9-10-19-18(12)16/h1-11,19H. The zero-order chi connectivity index (χ0) is 15.1. The summed E-state index contributed by atoms with van der Waals surface area (Å²) in [6, 6.07) is 18.9. The van der Waals surface area contributed by atoms with E-state index in [1.54, 1.807) is 12.1 Å². The third kappa shape index (κ3) is 1.85. The van der Waals surface area contributed by atoms with Crippen molar-refractivity contribution in [3.05, 3.63) is 77.0 Å². The van der Waals surface area contributed by atoms with Crippen molar-refractivity contribution < 1.29 is 4.92 Å². The fourth-order valence-corrected chi connectivity index (χ4v) is 2.91. The lowest BCUT2D eigenvalue weighted by molar-refractivity contribution is -0.384. The summed E-state index contributed by atoms with van der Waals surface area (Å²) in [6.45, 7) is 0. The van der Waals surface area contributed by atoms with E-state index in [9.17, 15) is 10.1 Å². The quantitative estimate of drug-likeness (QED) is 0.421. The fraction of sp³-hybridized carbons (Fsp3) is 0. The molecule has 0 spiro atoms. The van der Waals surface area contributed by atoms with E-state index in [1.165, 1.54) is 6.07 Å². The molecule has 0 aliphatic heterocycles. The number of benzene rings is 3. The first kappa shape index (κ1) is 12.6. The molecule has 0 unspecified atom stereocenters. The Hall–Kier alpha value is -3.14. The highest BCUT2D eigenvalue weighted by Gasteiger charge is 2.14. The van der Waals surface area contributed by atoms with E-state index >= 15 is 0 Å². The Morgan fingerprint density at radius 1 is 0.909 bits per heavy atom. The fourth-order valence-electron chi connectivity index (χ4n) is 2.91. The average Bonchev–Trinajstić information content (AvgIpc) is 3.03. The van der Waals surface area contributed by atoms with Gasteiger partial charge < -0.3 is 4.98 Å². The van der Waals surface area contributed by atoms with E-state index in [1.807, 2.05) is 42.6 Å². The molecule has 4 nitrogen and oxygen atoms in total. The van der Waals surface area contributed by atoms with Crippen molar-refractivity contribution >= 4 is 27.4 Å². The number of hydrogen-bond acceptors (Lipinski definition) is 2. The van der Waals surface area contributed by atoms with Gasteiger partial charge in [-0.25, -0.2) is 0 Å². The number of fused-ring (bicyclic) bond motifs is 3. The first-order valence-electron chi connectivity index (χ1n) is 6.98. The number of nitrogens with one attached hydrogen (secondary N) is 1. The van der Waals surface area contributed by atoms with E-state index in [0.717, 1.165) is 27.2 Å². The summed E-state index contributed by atoms with van der Waals surface area (Å²) in [4.78, 5) is 14.1. The number of hydrogen-bond donors (Lipinski definition) is 1. The van der Waals surface area contributed by atoms with Gasteiger partial charge in [0.1, 0.15) is 0 Å². The number of nitro groups is 1. The molecule has 22 heavy (non-hydrogen) atoms. The molecular weight excluding hydrogens is 276 g/mol. The van der Waals surface area contributed by atoms with Gasteiger partial charge in [-0.15, -0.1) is 0 Å². The second-order valence-corrected chi connectivity index (χ2v) is 5.22. The summed E-state index contributed by atoms with van der Waals surface area (Å²) < 4.78 is 0. The molecular formula is C18H12N2O2. The van der Waals surface area contributed by atoms with Gasteiger partial charge in [0, 0.05) is 23.0 Å². The number of nitrogens with zero attached hydrogens (tertiary/aromatic N) is 1. The molecule has 4 heteroatoms. The molecule has 1 aromatic heterocycles. The maximum Gasteiger partial charge on any atom is 0.277 e. The number of aromatic amines is 1. The number of aromatic nitrogens is 1. The van der Waals surface area contributed by atoms with Gasteiger partial charge in [0.15, 0.2) is 0 Å². The van der Waals surface area contributed by atoms with E-state index < -0.39 is 0 Å². The molecule has 0 radical (unpaired) electrons. The molecule has 0 amide bonds. The van der Waals surface area contributed by atoms with Crippen LogP contribution in [0.15, 0.2) is 66.9 Å². The molecule has 1 heterocycles. The minimum Gasteiger partial charge on any atom is -0.361 e. The minimum absolute atomic E-state index is 0.128. The van der Waals surface area contributed by atoms with Crippen LogP contribution in [-0.2, 0) is 0 Å². The zero-order valence-corrected chi connectivity index (χ0v) is 11.6. The number of para-hydroxylation sites is 1. The van der Waals surface area contributed by atoms with Crippen molar-refractivity contribution in [3.8, 4) is 11.1 Å². The minimum atomic E-state index is -0.340. The zero-order valence-electron chi connectivity index (χ0n) is 11.6. The molecule has 0 saturated heterocycles. The maximum atomic E-state index is 11.2. The van der Waals surface area contributed by atoms with E-state index in [2.05, 4.69) is 11.1 Å². The number of nitro benzene ring substituents is 1. The highest BCUT2D eigenvalue weighted by atomic mass is 16.6. The van der Waals surface area contributed by atoms with Gasteiger partial charge in [0.05, 0.1) is 16.0 Å². The Kier molecular flexibility index (Phi) is 2.69. The van der Waals surface area contributed by atoms with Crippen molar-refractivity contribution in [2.45, 2.75) is 0 Å². The molecule has 0 atom stereocenters. The van der Waals surface area contributed by atoms with Gasteiger partial charge in [0.2, 0.25) is 0 Å². The third-order valence-corrected chi connectivity index (χ3v) is 3.95. The lowest BCUT2D eigenvalue weighted by atomic mass is 9.99. The molecule has 3 aromatic carbocycles. The highest BCUT2D eigenvalue weighted by molar-refractivity contribution is 6.06. The van der Waals surface area contributed by atoms with Gasteiger partial charge in [-0.1, -0.05) is 36.4 Å². The van der Waals surface area contributed by atoms with Crippen LogP contribution in [0.1, 0.15) is 0 Å². The summed E-state index contributed by atoms with van der Waals surface area (Å²) in [7, 11) is 0. The second kappa shape index (κ2) is 4.70. The van der Waals surface area contributed by atoms with E-state index in [4.69, 9.17) is 0 Å². The maximum absolute atomic E-state index is 11.2. The Morgan fingerprint density at radius 2 is 1.73 bits per heavy atom.